The minimum atomic E-state index is -0.602. The number of rotatable bonds is 7. The first-order valence-electron chi connectivity index (χ1n) is 10.3. The zero-order valence-corrected chi connectivity index (χ0v) is 17.9. The maximum Gasteiger partial charge on any atom is 0.263 e. The Morgan fingerprint density at radius 3 is 2.58 bits per heavy atom. The molecule has 1 atom stereocenters. The molecule has 0 aliphatic heterocycles. The van der Waals surface area contributed by atoms with Crippen molar-refractivity contribution in [2.75, 3.05) is 7.05 Å². The van der Waals surface area contributed by atoms with Crippen LogP contribution in [0, 0.1) is 6.92 Å². The van der Waals surface area contributed by atoms with Crippen molar-refractivity contribution in [2.24, 2.45) is 0 Å². The second-order valence-electron chi connectivity index (χ2n) is 7.56. The Morgan fingerprint density at radius 2 is 1.81 bits per heavy atom. The van der Waals surface area contributed by atoms with Gasteiger partial charge >= 0.3 is 0 Å². The summed E-state index contributed by atoms with van der Waals surface area (Å²) in [7, 11) is 1.72. The van der Waals surface area contributed by atoms with Crippen molar-refractivity contribution >= 4 is 16.7 Å². The summed E-state index contributed by atoms with van der Waals surface area (Å²) in [4.78, 5) is 19.0. The average Bonchev–Trinajstić information content (AvgIpc) is 3.26. The predicted octanol–water partition coefficient (Wildman–Crippen LogP) is 5.01. The number of aryl methyl sites for hydroxylation is 1. The van der Waals surface area contributed by atoms with Gasteiger partial charge in [-0.25, -0.2) is 0 Å². The van der Waals surface area contributed by atoms with Gasteiger partial charge in [-0.05, 0) is 24.8 Å². The van der Waals surface area contributed by atoms with Crippen molar-refractivity contribution < 1.29 is 14.1 Å². The van der Waals surface area contributed by atoms with E-state index in [1.54, 1.807) is 11.9 Å². The molecule has 1 heterocycles. The Hall–Kier alpha value is -3.67. The number of likely N-dealkylation sites (N-methyl/N-ethyl adjacent to an activating group) is 1. The van der Waals surface area contributed by atoms with Crippen LogP contribution in [0.4, 0.5) is 0 Å². The van der Waals surface area contributed by atoms with E-state index in [-0.39, 0.29) is 12.5 Å². The number of ether oxygens (including phenoxy) is 1. The van der Waals surface area contributed by atoms with Crippen molar-refractivity contribution in [2.45, 2.75) is 32.9 Å². The molecular weight excluding hydrogens is 390 g/mol. The third kappa shape index (κ3) is 4.58. The molecule has 0 fully saturated rings. The summed E-state index contributed by atoms with van der Waals surface area (Å²) >= 11 is 0. The average molecular weight is 415 g/mol. The highest BCUT2D eigenvalue weighted by Gasteiger charge is 2.24. The van der Waals surface area contributed by atoms with E-state index in [0.29, 0.717) is 23.9 Å². The number of amides is 1. The van der Waals surface area contributed by atoms with Gasteiger partial charge in [0, 0.05) is 18.0 Å². The maximum atomic E-state index is 13.0. The Balaban J connectivity index is 1.46. The summed E-state index contributed by atoms with van der Waals surface area (Å²) < 4.78 is 11.5. The van der Waals surface area contributed by atoms with Gasteiger partial charge in [0.25, 0.3) is 5.91 Å². The number of carbonyl (C=O) groups is 1. The smallest absolute Gasteiger partial charge is 0.263 e. The first kappa shape index (κ1) is 20.6. The predicted molar refractivity (Wildman–Crippen MR) is 120 cm³/mol. The first-order chi connectivity index (χ1) is 15.0. The van der Waals surface area contributed by atoms with Gasteiger partial charge in [-0.1, -0.05) is 78.3 Å². The fraction of sp³-hybridized carbons (Fsp3) is 0.240. The zero-order chi connectivity index (χ0) is 21.8. The van der Waals surface area contributed by atoms with E-state index in [1.807, 2.05) is 80.6 Å². The molecule has 1 unspecified atom stereocenters. The molecule has 0 aliphatic rings. The van der Waals surface area contributed by atoms with Crippen LogP contribution in [0.3, 0.4) is 0 Å². The summed E-state index contributed by atoms with van der Waals surface area (Å²) in [6, 6.07) is 21.7. The van der Waals surface area contributed by atoms with Gasteiger partial charge in [0.15, 0.2) is 6.10 Å². The molecule has 1 aromatic heterocycles. The molecule has 0 saturated heterocycles. The van der Waals surface area contributed by atoms with E-state index >= 15 is 0 Å². The van der Waals surface area contributed by atoms with E-state index in [9.17, 15) is 4.79 Å². The zero-order valence-electron chi connectivity index (χ0n) is 17.9. The van der Waals surface area contributed by atoms with E-state index in [1.165, 1.54) is 0 Å². The molecule has 0 radical (unpaired) electrons. The molecule has 6 heteroatoms. The van der Waals surface area contributed by atoms with Crippen LogP contribution in [0.25, 0.3) is 22.2 Å². The van der Waals surface area contributed by atoms with Crippen LogP contribution in [0.5, 0.6) is 5.75 Å². The van der Waals surface area contributed by atoms with Crippen molar-refractivity contribution in [1.29, 1.82) is 0 Å². The molecule has 6 nitrogen and oxygen atoms in total. The fourth-order valence-corrected chi connectivity index (χ4v) is 3.43. The molecule has 0 aliphatic carbocycles. The van der Waals surface area contributed by atoms with E-state index in [0.717, 1.165) is 21.9 Å². The molecule has 0 N–H and O–H groups in total. The summed E-state index contributed by atoms with van der Waals surface area (Å²) in [6.07, 6.45) is -0.0551. The van der Waals surface area contributed by atoms with Gasteiger partial charge in [-0.15, -0.1) is 0 Å². The van der Waals surface area contributed by atoms with E-state index < -0.39 is 6.10 Å². The normalized spacial score (nSPS) is 12.0. The van der Waals surface area contributed by atoms with Crippen LogP contribution in [0.2, 0.25) is 0 Å². The second-order valence-corrected chi connectivity index (χ2v) is 7.56. The summed E-state index contributed by atoms with van der Waals surface area (Å²) in [5.41, 5.74) is 2.04. The maximum absolute atomic E-state index is 13.0. The molecule has 31 heavy (non-hydrogen) atoms. The Bertz CT molecular complexity index is 1180. The van der Waals surface area contributed by atoms with Gasteiger partial charge in [0.05, 0.1) is 6.54 Å². The minimum Gasteiger partial charge on any atom is -0.480 e. The Morgan fingerprint density at radius 1 is 1.06 bits per heavy atom. The number of benzene rings is 3. The Labute approximate surface area is 181 Å². The molecule has 4 aromatic rings. The lowest BCUT2D eigenvalue weighted by atomic mass is 10.1. The quantitative estimate of drug-likeness (QED) is 0.424. The summed E-state index contributed by atoms with van der Waals surface area (Å²) in [5.74, 6) is 1.46. The first-order valence-corrected chi connectivity index (χ1v) is 10.3. The highest BCUT2D eigenvalue weighted by molar-refractivity contribution is 5.89. The van der Waals surface area contributed by atoms with Gasteiger partial charge in [0.2, 0.25) is 11.7 Å². The minimum absolute atomic E-state index is 0.134. The third-order valence-corrected chi connectivity index (χ3v) is 5.19. The molecule has 1 amide bonds. The second kappa shape index (κ2) is 9.00. The lowest BCUT2D eigenvalue weighted by Gasteiger charge is -2.23. The molecule has 0 spiro atoms. The lowest BCUT2D eigenvalue weighted by molar-refractivity contribution is -0.138. The highest BCUT2D eigenvalue weighted by atomic mass is 16.5. The molecule has 3 aromatic carbocycles. The summed E-state index contributed by atoms with van der Waals surface area (Å²) in [6.45, 7) is 4.17. The van der Waals surface area contributed by atoms with Gasteiger partial charge < -0.3 is 14.2 Å². The third-order valence-electron chi connectivity index (χ3n) is 5.19. The van der Waals surface area contributed by atoms with Crippen molar-refractivity contribution in [1.82, 2.24) is 15.0 Å². The monoisotopic (exact) mass is 415 g/mol. The van der Waals surface area contributed by atoms with Crippen LogP contribution in [0.15, 0.2) is 71.3 Å². The van der Waals surface area contributed by atoms with Crippen LogP contribution < -0.4 is 4.74 Å². The molecular formula is C25H25N3O3. The van der Waals surface area contributed by atoms with E-state index in [2.05, 4.69) is 10.1 Å². The van der Waals surface area contributed by atoms with Crippen molar-refractivity contribution in [3.8, 4) is 17.1 Å². The lowest BCUT2D eigenvalue weighted by Crippen LogP contribution is -2.39. The largest absolute Gasteiger partial charge is 0.480 e. The van der Waals surface area contributed by atoms with Crippen LogP contribution in [-0.4, -0.2) is 34.1 Å². The topological polar surface area (TPSA) is 68.5 Å². The number of hydrogen-bond acceptors (Lipinski definition) is 5. The van der Waals surface area contributed by atoms with Gasteiger partial charge in [-0.3, -0.25) is 4.79 Å². The van der Waals surface area contributed by atoms with Crippen molar-refractivity contribution in [3.63, 3.8) is 0 Å². The molecule has 0 bridgehead atoms. The number of nitrogens with zero attached hydrogens (tertiary/aromatic N) is 3. The van der Waals surface area contributed by atoms with E-state index in [4.69, 9.17) is 9.26 Å². The molecule has 158 valence electrons. The SMILES string of the molecule is CCC(Oc1cccc2ccccc12)C(=O)N(C)Cc1nc(-c2ccc(C)cc2)no1. The van der Waals surface area contributed by atoms with Gasteiger partial charge in [-0.2, -0.15) is 4.98 Å². The number of hydrogen-bond donors (Lipinski definition) is 0. The number of fused-ring (bicyclic) bond motifs is 1. The van der Waals surface area contributed by atoms with Crippen molar-refractivity contribution in [3.05, 3.63) is 78.2 Å². The van der Waals surface area contributed by atoms with Crippen LogP contribution in [-0.2, 0) is 11.3 Å². The van der Waals surface area contributed by atoms with Crippen LogP contribution >= 0.6 is 0 Å². The molecule has 0 saturated carbocycles. The summed E-state index contributed by atoms with van der Waals surface area (Å²) in [5, 5.41) is 6.10. The van der Waals surface area contributed by atoms with Crippen LogP contribution in [0.1, 0.15) is 24.8 Å². The Kier molecular flexibility index (Phi) is 5.98. The standard InChI is InChI=1S/C25H25N3O3/c1-4-21(30-22-11-7-9-18-8-5-6-10-20(18)22)25(29)28(3)16-23-26-24(27-31-23)19-14-12-17(2)13-15-19/h5-15,21H,4,16H2,1-3H3. The number of carbonyl (C=O) groups excluding carboxylic acids is 1. The molecule has 4 rings (SSSR count). The highest BCUT2D eigenvalue weighted by Crippen LogP contribution is 2.27. The number of aromatic nitrogens is 2. The van der Waals surface area contributed by atoms with Gasteiger partial charge in [0.1, 0.15) is 5.75 Å². The fourth-order valence-electron chi connectivity index (χ4n) is 3.43.